The van der Waals surface area contributed by atoms with Crippen LogP contribution in [0.1, 0.15) is 31.4 Å². The SMILES string of the molecule is CCN(CC)Cc1cccc(CNC(=O)N2CCC(CO)C2)c1. The van der Waals surface area contributed by atoms with Gasteiger partial charge in [0.05, 0.1) is 0 Å². The predicted octanol–water partition coefficient (Wildman–Crippen LogP) is 2.05. The van der Waals surface area contributed by atoms with Gasteiger partial charge in [-0.2, -0.15) is 0 Å². The van der Waals surface area contributed by atoms with E-state index in [0.717, 1.165) is 38.2 Å². The first-order valence-electron chi connectivity index (χ1n) is 8.60. The number of rotatable bonds is 7. The Bertz CT molecular complexity index is 503. The molecule has 1 aliphatic heterocycles. The summed E-state index contributed by atoms with van der Waals surface area (Å²) in [6.07, 6.45) is 0.892. The minimum Gasteiger partial charge on any atom is -0.396 e. The molecule has 0 bridgehead atoms. The summed E-state index contributed by atoms with van der Waals surface area (Å²) >= 11 is 0. The molecule has 128 valence electrons. The van der Waals surface area contributed by atoms with Crippen LogP contribution in [0.25, 0.3) is 0 Å². The first kappa shape index (κ1) is 17.8. The molecule has 1 atom stereocenters. The van der Waals surface area contributed by atoms with Gasteiger partial charge in [0.2, 0.25) is 0 Å². The Morgan fingerprint density at radius 2 is 2.09 bits per heavy atom. The van der Waals surface area contributed by atoms with E-state index in [0.29, 0.717) is 13.1 Å². The van der Waals surface area contributed by atoms with E-state index in [9.17, 15) is 4.79 Å². The standard InChI is InChI=1S/C18H29N3O2/c1-3-20(4-2)12-16-7-5-6-15(10-16)11-19-18(23)21-9-8-17(13-21)14-22/h5-7,10,17,22H,3-4,8-9,11-14H2,1-2H3,(H,19,23). The third kappa shape index (κ3) is 5.22. The van der Waals surface area contributed by atoms with Gasteiger partial charge >= 0.3 is 6.03 Å². The molecule has 2 N–H and O–H groups in total. The molecule has 0 aromatic heterocycles. The number of carbonyl (C=O) groups excluding carboxylic acids is 1. The largest absolute Gasteiger partial charge is 0.396 e. The van der Waals surface area contributed by atoms with Crippen molar-refractivity contribution in [1.29, 1.82) is 0 Å². The predicted molar refractivity (Wildman–Crippen MR) is 92.1 cm³/mol. The van der Waals surface area contributed by atoms with Gasteiger partial charge in [-0.3, -0.25) is 4.90 Å². The van der Waals surface area contributed by atoms with Gasteiger partial charge in [0, 0.05) is 38.7 Å². The number of nitrogens with one attached hydrogen (secondary N) is 1. The summed E-state index contributed by atoms with van der Waals surface area (Å²) in [7, 11) is 0. The van der Waals surface area contributed by atoms with E-state index in [4.69, 9.17) is 5.11 Å². The number of aliphatic hydroxyl groups is 1. The van der Waals surface area contributed by atoms with Crippen molar-refractivity contribution < 1.29 is 9.90 Å². The maximum atomic E-state index is 12.2. The minimum absolute atomic E-state index is 0.0323. The molecule has 1 fully saturated rings. The van der Waals surface area contributed by atoms with E-state index in [1.54, 1.807) is 4.90 Å². The third-order valence-corrected chi connectivity index (χ3v) is 4.57. The molecule has 5 nitrogen and oxygen atoms in total. The summed E-state index contributed by atoms with van der Waals surface area (Å²) in [5.41, 5.74) is 2.41. The number of nitrogens with zero attached hydrogens (tertiary/aromatic N) is 2. The summed E-state index contributed by atoms with van der Waals surface area (Å²) in [4.78, 5) is 16.3. The van der Waals surface area contributed by atoms with Crippen LogP contribution in [0.5, 0.6) is 0 Å². The number of aliphatic hydroxyl groups excluding tert-OH is 1. The molecule has 1 heterocycles. The molecule has 0 saturated carbocycles. The summed E-state index contributed by atoms with van der Waals surface area (Å²) in [6, 6.07) is 8.37. The smallest absolute Gasteiger partial charge is 0.317 e. The van der Waals surface area contributed by atoms with Crippen LogP contribution in [0.3, 0.4) is 0 Å². The lowest BCUT2D eigenvalue weighted by atomic mass is 10.1. The fourth-order valence-corrected chi connectivity index (χ4v) is 3.00. The summed E-state index contributed by atoms with van der Waals surface area (Å²) < 4.78 is 0. The molecule has 0 spiro atoms. The molecule has 2 amide bonds. The van der Waals surface area contributed by atoms with Crippen molar-refractivity contribution >= 4 is 6.03 Å². The Labute approximate surface area is 139 Å². The minimum atomic E-state index is -0.0323. The number of hydrogen-bond acceptors (Lipinski definition) is 3. The Morgan fingerprint density at radius 3 is 2.74 bits per heavy atom. The Balaban J connectivity index is 1.84. The van der Waals surface area contributed by atoms with E-state index < -0.39 is 0 Å². The van der Waals surface area contributed by atoms with Crippen LogP contribution in [-0.2, 0) is 13.1 Å². The van der Waals surface area contributed by atoms with E-state index in [1.807, 2.05) is 6.07 Å². The van der Waals surface area contributed by atoms with E-state index in [2.05, 4.69) is 42.3 Å². The average molecular weight is 319 g/mol. The normalized spacial score (nSPS) is 17.7. The fourth-order valence-electron chi connectivity index (χ4n) is 3.00. The molecule has 1 unspecified atom stereocenters. The van der Waals surface area contributed by atoms with Gasteiger partial charge in [-0.25, -0.2) is 4.79 Å². The van der Waals surface area contributed by atoms with Crippen LogP contribution in [0.15, 0.2) is 24.3 Å². The monoisotopic (exact) mass is 319 g/mol. The maximum absolute atomic E-state index is 12.2. The van der Waals surface area contributed by atoms with Crippen molar-refractivity contribution in [3.63, 3.8) is 0 Å². The van der Waals surface area contributed by atoms with Gasteiger partial charge in [-0.05, 0) is 30.6 Å². The highest BCUT2D eigenvalue weighted by atomic mass is 16.3. The topological polar surface area (TPSA) is 55.8 Å². The number of amides is 2. The first-order chi connectivity index (χ1) is 11.2. The molecule has 1 aliphatic rings. The van der Waals surface area contributed by atoms with Crippen LogP contribution < -0.4 is 5.32 Å². The highest BCUT2D eigenvalue weighted by Crippen LogP contribution is 2.15. The average Bonchev–Trinajstić information content (AvgIpc) is 3.07. The second kappa shape index (κ2) is 8.89. The fraction of sp³-hybridized carbons (Fsp3) is 0.611. The molecule has 0 aliphatic carbocycles. The zero-order chi connectivity index (χ0) is 16.7. The Hall–Kier alpha value is -1.59. The lowest BCUT2D eigenvalue weighted by molar-refractivity contribution is 0.198. The summed E-state index contributed by atoms with van der Waals surface area (Å²) in [6.45, 7) is 9.47. The second-order valence-electron chi connectivity index (χ2n) is 6.22. The molecule has 5 heteroatoms. The molecule has 0 radical (unpaired) electrons. The van der Waals surface area contributed by atoms with Crippen LogP contribution in [0.4, 0.5) is 4.79 Å². The van der Waals surface area contributed by atoms with Crippen molar-refractivity contribution in [3.8, 4) is 0 Å². The lowest BCUT2D eigenvalue weighted by Crippen LogP contribution is -2.38. The number of benzene rings is 1. The Kier molecular flexibility index (Phi) is 6.86. The van der Waals surface area contributed by atoms with Crippen LogP contribution in [-0.4, -0.2) is 53.7 Å². The van der Waals surface area contributed by atoms with Crippen LogP contribution in [0.2, 0.25) is 0 Å². The molecule has 1 aromatic carbocycles. The summed E-state index contributed by atoms with van der Waals surface area (Å²) in [5, 5.41) is 12.1. The number of urea groups is 1. The summed E-state index contributed by atoms with van der Waals surface area (Å²) in [5.74, 6) is 0.234. The highest BCUT2D eigenvalue weighted by Gasteiger charge is 2.25. The van der Waals surface area contributed by atoms with Crippen molar-refractivity contribution in [2.24, 2.45) is 5.92 Å². The van der Waals surface area contributed by atoms with Gasteiger partial charge < -0.3 is 15.3 Å². The van der Waals surface area contributed by atoms with Crippen molar-refractivity contribution in [2.75, 3.05) is 32.8 Å². The van der Waals surface area contributed by atoms with Gasteiger partial charge in [0.1, 0.15) is 0 Å². The zero-order valence-electron chi connectivity index (χ0n) is 14.3. The van der Waals surface area contributed by atoms with Crippen molar-refractivity contribution in [1.82, 2.24) is 15.1 Å². The molecule has 1 saturated heterocycles. The van der Waals surface area contributed by atoms with E-state index in [-0.39, 0.29) is 18.6 Å². The van der Waals surface area contributed by atoms with Gasteiger partial charge in [-0.15, -0.1) is 0 Å². The quantitative estimate of drug-likeness (QED) is 0.809. The molecule has 1 aromatic rings. The maximum Gasteiger partial charge on any atom is 0.317 e. The van der Waals surface area contributed by atoms with E-state index in [1.165, 1.54) is 5.56 Å². The zero-order valence-corrected chi connectivity index (χ0v) is 14.3. The van der Waals surface area contributed by atoms with Crippen molar-refractivity contribution in [2.45, 2.75) is 33.4 Å². The third-order valence-electron chi connectivity index (χ3n) is 4.57. The van der Waals surface area contributed by atoms with Crippen LogP contribution >= 0.6 is 0 Å². The number of carbonyl (C=O) groups is 1. The molecule has 23 heavy (non-hydrogen) atoms. The molecular weight excluding hydrogens is 290 g/mol. The van der Waals surface area contributed by atoms with Gasteiger partial charge in [0.25, 0.3) is 0 Å². The molecular formula is C18H29N3O2. The highest BCUT2D eigenvalue weighted by molar-refractivity contribution is 5.74. The Morgan fingerprint density at radius 1 is 1.35 bits per heavy atom. The number of hydrogen-bond donors (Lipinski definition) is 2. The molecule has 2 rings (SSSR count). The van der Waals surface area contributed by atoms with Gasteiger partial charge in [0.15, 0.2) is 0 Å². The van der Waals surface area contributed by atoms with Gasteiger partial charge in [-0.1, -0.05) is 38.1 Å². The van der Waals surface area contributed by atoms with Crippen molar-refractivity contribution in [3.05, 3.63) is 35.4 Å². The van der Waals surface area contributed by atoms with Crippen LogP contribution in [0, 0.1) is 5.92 Å². The number of likely N-dealkylation sites (tertiary alicyclic amines) is 1. The first-order valence-corrected chi connectivity index (χ1v) is 8.60. The van der Waals surface area contributed by atoms with E-state index >= 15 is 0 Å². The lowest BCUT2D eigenvalue weighted by Gasteiger charge is -2.19. The second-order valence-corrected chi connectivity index (χ2v) is 6.22.